The van der Waals surface area contributed by atoms with Crippen molar-refractivity contribution in [1.82, 2.24) is 4.72 Å². The molecule has 0 aliphatic heterocycles. The largest absolute Gasteiger partial charge is 0.396 e. The smallest absolute Gasteiger partial charge is 0.240 e. The van der Waals surface area contributed by atoms with Gasteiger partial charge in [-0.25, -0.2) is 13.1 Å². The molecule has 0 saturated heterocycles. The highest BCUT2D eigenvalue weighted by atomic mass is 32.2. The predicted molar refractivity (Wildman–Crippen MR) is 76.6 cm³/mol. The van der Waals surface area contributed by atoms with Crippen LogP contribution >= 0.6 is 0 Å². The third-order valence-electron chi connectivity index (χ3n) is 3.13. The van der Waals surface area contributed by atoms with E-state index in [9.17, 15) is 8.42 Å². The van der Waals surface area contributed by atoms with Crippen LogP contribution in [0.15, 0.2) is 29.2 Å². The molecule has 1 rings (SSSR count). The van der Waals surface area contributed by atoms with E-state index in [1.807, 2.05) is 26.8 Å². The maximum Gasteiger partial charge on any atom is 0.240 e. The van der Waals surface area contributed by atoms with E-state index in [1.54, 1.807) is 18.2 Å². The molecule has 19 heavy (non-hydrogen) atoms. The topological polar surface area (TPSA) is 66.4 Å². The summed E-state index contributed by atoms with van der Waals surface area (Å²) in [5, 5.41) is 8.92. The summed E-state index contributed by atoms with van der Waals surface area (Å²) in [4.78, 5) is 0.287. The number of nitrogens with one attached hydrogen (secondary N) is 1. The number of aliphatic hydroxyl groups excluding tert-OH is 1. The second-order valence-electron chi connectivity index (χ2n) is 4.97. The Bertz CT molecular complexity index is 497. The van der Waals surface area contributed by atoms with Crippen molar-refractivity contribution in [2.75, 3.05) is 6.61 Å². The summed E-state index contributed by atoms with van der Waals surface area (Å²) in [7, 11) is -3.51. The molecule has 0 aliphatic rings. The Balaban J connectivity index is 2.96. The Hall–Kier alpha value is -0.910. The second-order valence-corrected chi connectivity index (χ2v) is 6.68. The number of aliphatic hydroxyl groups is 1. The standard InChI is InChI=1S/C14H23NO3S/c1-4-13(8-9-16)15-19(17,18)14-7-5-6-12(10-14)11(2)3/h5-7,10-11,13,15-16H,4,8-9H2,1-3H3. The van der Waals surface area contributed by atoms with Crippen molar-refractivity contribution >= 4 is 10.0 Å². The maximum absolute atomic E-state index is 12.3. The Morgan fingerprint density at radius 3 is 2.53 bits per heavy atom. The molecule has 2 N–H and O–H groups in total. The monoisotopic (exact) mass is 285 g/mol. The van der Waals surface area contributed by atoms with E-state index < -0.39 is 10.0 Å². The fourth-order valence-corrected chi connectivity index (χ4v) is 3.24. The zero-order valence-corrected chi connectivity index (χ0v) is 12.6. The highest BCUT2D eigenvalue weighted by molar-refractivity contribution is 7.89. The van der Waals surface area contributed by atoms with Gasteiger partial charge < -0.3 is 5.11 Å². The number of hydrogen-bond acceptors (Lipinski definition) is 3. The van der Waals surface area contributed by atoms with Crippen LogP contribution in [0.4, 0.5) is 0 Å². The minimum Gasteiger partial charge on any atom is -0.396 e. The summed E-state index contributed by atoms with van der Waals surface area (Å²) in [5.41, 5.74) is 0.998. The molecular weight excluding hydrogens is 262 g/mol. The maximum atomic E-state index is 12.3. The molecule has 0 radical (unpaired) electrons. The second kappa shape index (κ2) is 7.03. The molecule has 1 aromatic carbocycles. The van der Waals surface area contributed by atoms with Gasteiger partial charge in [-0.2, -0.15) is 0 Å². The molecule has 1 atom stereocenters. The van der Waals surface area contributed by atoms with Gasteiger partial charge >= 0.3 is 0 Å². The molecule has 0 aromatic heterocycles. The number of hydrogen-bond donors (Lipinski definition) is 2. The fraction of sp³-hybridized carbons (Fsp3) is 0.571. The van der Waals surface area contributed by atoms with Gasteiger partial charge in [0.05, 0.1) is 4.90 Å². The van der Waals surface area contributed by atoms with Gasteiger partial charge in [0, 0.05) is 12.6 Å². The van der Waals surface area contributed by atoms with Crippen molar-refractivity contribution in [1.29, 1.82) is 0 Å². The molecule has 4 nitrogen and oxygen atoms in total. The van der Waals surface area contributed by atoms with E-state index in [0.717, 1.165) is 5.56 Å². The molecule has 5 heteroatoms. The van der Waals surface area contributed by atoms with Gasteiger partial charge in [-0.15, -0.1) is 0 Å². The third-order valence-corrected chi connectivity index (χ3v) is 4.65. The molecule has 0 saturated carbocycles. The number of rotatable bonds is 7. The van der Waals surface area contributed by atoms with E-state index in [4.69, 9.17) is 5.11 Å². The van der Waals surface area contributed by atoms with E-state index >= 15 is 0 Å². The highest BCUT2D eigenvalue weighted by Gasteiger charge is 2.19. The molecule has 0 bridgehead atoms. The molecule has 1 aromatic rings. The highest BCUT2D eigenvalue weighted by Crippen LogP contribution is 2.19. The zero-order valence-electron chi connectivity index (χ0n) is 11.8. The lowest BCUT2D eigenvalue weighted by atomic mass is 10.0. The SMILES string of the molecule is CCC(CCO)NS(=O)(=O)c1cccc(C(C)C)c1. The summed E-state index contributed by atoms with van der Waals surface area (Å²) in [6.45, 7) is 5.93. The molecular formula is C14H23NO3S. The van der Waals surface area contributed by atoms with Gasteiger partial charge in [0.1, 0.15) is 0 Å². The summed E-state index contributed by atoms with van der Waals surface area (Å²) in [5.74, 6) is 0.287. The molecule has 0 amide bonds. The Labute approximate surface area is 115 Å². The number of benzene rings is 1. The van der Waals surface area contributed by atoms with Crippen LogP contribution in [0.1, 0.15) is 45.1 Å². The van der Waals surface area contributed by atoms with Crippen molar-refractivity contribution in [3.05, 3.63) is 29.8 Å². The Morgan fingerprint density at radius 1 is 1.32 bits per heavy atom. The summed E-state index contributed by atoms with van der Waals surface area (Å²) in [6.07, 6.45) is 1.09. The normalized spacial score (nSPS) is 13.7. The van der Waals surface area contributed by atoms with Gasteiger partial charge in [-0.3, -0.25) is 0 Å². The van der Waals surface area contributed by atoms with Crippen LogP contribution in [0.2, 0.25) is 0 Å². The van der Waals surface area contributed by atoms with E-state index in [1.165, 1.54) is 0 Å². The summed E-state index contributed by atoms with van der Waals surface area (Å²) in [6, 6.07) is 6.77. The molecule has 108 valence electrons. The lowest BCUT2D eigenvalue weighted by Crippen LogP contribution is -2.35. The third kappa shape index (κ3) is 4.60. The molecule has 0 heterocycles. The minimum absolute atomic E-state index is 0.0208. The first kappa shape index (κ1) is 16.1. The summed E-state index contributed by atoms with van der Waals surface area (Å²) < 4.78 is 27.2. The zero-order chi connectivity index (χ0) is 14.5. The first-order valence-electron chi connectivity index (χ1n) is 6.63. The van der Waals surface area contributed by atoms with Crippen LogP contribution in [0, 0.1) is 0 Å². The van der Waals surface area contributed by atoms with Crippen LogP contribution in [0.25, 0.3) is 0 Å². The van der Waals surface area contributed by atoms with Crippen molar-refractivity contribution in [3.8, 4) is 0 Å². The van der Waals surface area contributed by atoms with Crippen molar-refractivity contribution in [3.63, 3.8) is 0 Å². The van der Waals surface area contributed by atoms with Crippen molar-refractivity contribution in [2.24, 2.45) is 0 Å². The van der Waals surface area contributed by atoms with Gasteiger partial charge in [0.25, 0.3) is 0 Å². The quantitative estimate of drug-likeness (QED) is 0.807. The lowest BCUT2D eigenvalue weighted by Gasteiger charge is -2.16. The van der Waals surface area contributed by atoms with Gasteiger partial charge in [-0.05, 0) is 36.5 Å². The average Bonchev–Trinajstić information content (AvgIpc) is 2.38. The van der Waals surface area contributed by atoms with Gasteiger partial charge in [0.15, 0.2) is 0 Å². The van der Waals surface area contributed by atoms with E-state index in [2.05, 4.69) is 4.72 Å². The number of sulfonamides is 1. The lowest BCUT2D eigenvalue weighted by molar-refractivity contribution is 0.270. The molecule has 0 aliphatic carbocycles. The van der Waals surface area contributed by atoms with Gasteiger partial charge in [-0.1, -0.05) is 32.9 Å². The molecule has 0 fully saturated rings. The van der Waals surface area contributed by atoms with Crippen LogP contribution in [0.3, 0.4) is 0 Å². The average molecular weight is 285 g/mol. The van der Waals surface area contributed by atoms with E-state index in [0.29, 0.717) is 12.8 Å². The summed E-state index contributed by atoms with van der Waals surface area (Å²) >= 11 is 0. The molecule has 1 unspecified atom stereocenters. The first-order chi connectivity index (χ1) is 8.90. The fourth-order valence-electron chi connectivity index (χ4n) is 1.83. The van der Waals surface area contributed by atoms with Crippen molar-refractivity contribution in [2.45, 2.75) is 50.5 Å². The van der Waals surface area contributed by atoms with Gasteiger partial charge in [0.2, 0.25) is 10.0 Å². The Morgan fingerprint density at radius 2 is 2.00 bits per heavy atom. The van der Waals surface area contributed by atoms with Crippen LogP contribution in [0.5, 0.6) is 0 Å². The molecule has 0 spiro atoms. The van der Waals surface area contributed by atoms with Crippen LogP contribution in [-0.2, 0) is 10.0 Å². The van der Waals surface area contributed by atoms with Crippen LogP contribution < -0.4 is 4.72 Å². The predicted octanol–water partition coefficient (Wildman–Crippen LogP) is 2.25. The van der Waals surface area contributed by atoms with E-state index in [-0.39, 0.29) is 23.5 Å². The Kier molecular flexibility index (Phi) is 5.97. The van der Waals surface area contributed by atoms with Crippen LogP contribution in [-0.4, -0.2) is 26.2 Å². The first-order valence-corrected chi connectivity index (χ1v) is 8.12. The minimum atomic E-state index is -3.51. The van der Waals surface area contributed by atoms with Crippen molar-refractivity contribution < 1.29 is 13.5 Å².